The Morgan fingerprint density at radius 1 is 1.19 bits per heavy atom. The van der Waals surface area contributed by atoms with Gasteiger partial charge >= 0.3 is 0 Å². The van der Waals surface area contributed by atoms with Crippen LogP contribution >= 0.6 is 0 Å². The van der Waals surface area contributed by atoms with Crippen LogP contribution in [0.15, 0.2) is 23.2 Å². The second-order valence-electron chi connectivity index (χ2n) is 6.67. The topological polar surface area (TPSA) is 46.1 Å². The molecule has 0 aliphatic carbocycles. The third kappa shape index (κ3) is 5.14. The molecule has 2 aliphatic rings. The maximum Gasteiger partial charge on any atom is 0.194 e. The van der Waals surface area contributed by atoms with Gasteiger partial charge in [0.1, 0.15) is 17.7 Å². The van der Waals surface area contributed by atoms with Gasteiger partial charge in [-0.15, -0.1) is 0 Å². The lowest BCUT2D eigenvalue weighted by molar-refractivity contribution is -0.0817. The molecule has 5 nitrogen and oxygen atoms in total. The molecular weight excluding hydrogens is 340 g/mol. The summed E-state index contributed by atoms with van der Waals surface area (Å²) in [5.41, 5.74) is 0.612. The van der Waals surface area contributed by atoms with Gasteiger partial charge in [0.2, 0.25) is 0 Å². The maximum atomic E-state index is 13.3. The van der Waals surface area contributed by atoms with E-state index < -0.39 is 11.6 Å². The van der Waals surface area contributed by atoms with E-state index in [-0.39, 0.29) is 12.2 Å². The van der Waals surface area contributed by atoms with Crippen LogP contribution < -0.4 is 5.32 Å². The van der Waals surface area contributed by atoms with Crippen LogP contribution in [0.5, 0.6) is 0 Å². The molecule has 1 aromatic rings. The quantitative estimate of drug-likeness (QED) is 0.641. The second kappa shape index (κ2) is 9.28. The molecule has 3 rings (SSSR count). The average Bonchev–Trinajstić information content (AvgIpc) is 3.15. The molecule has 0 amide bonds. The molecule has 2 atom stereocenters. The SMILES string of the molecule is CCNC(=NCCc1cc(F)cc(F)c1)N1CCOC(C2CCCO2)C1. The molecule has 0 radical (unpaired) electrons. The van der Waals surface area contributed by atoms with Crippen molar-refractivity contribution in [1.29, 1.82) is 0 Å². The average molecular weight is 367 g/mol. The van der Waals surface area contributed by atoms with Crippen LogP contribution in [0.3, 0.4) is 0 Å². The fourth-order valence-corrected chi connectivity index (χ4v) is 3.46. The largest absolute Gasteiger partial charge is 0.375 e. The molecule has 1 N–H and O–H groups in total. The van der Waals surface area contributed by atoms with Crippen molar-refractivity contribution >= 4 is 5.96 Å². The van der Waals surface area contributed by atoms with Crippen LogP contribution in [-0.4, -0.2) is 62.5 Å². The summed E-state index contributed by atoms with van der Waals surface area (Å²) in [6.45, 7) is 6.21. The second-order valence-corrected chi connectivity index (χ2v) is 6.67. The number of hydrogen-bond donors (Lipinski definition) is 1. The number of guanidine groups is 1. The van der Waals surface area contributed by atoms with E-state index in [4.69, 9.17) is 9.47 Å². The molecule has 2 fully saturated rings. The fourth-order valence-electron chi connectivity index (χ4n) is 3.46. The van der Waals surface area contributed by atoms with Crippen LogP contribution in [0.25, 0.3) is 0 Å². The minimum Gasteiger partial charge on any atom is -0.375 e. The highest BCUT2D eigenvalue weighted by Crippen LogP contribution is 2.21. The van der Waals surface area contributed by atoms with Crippen LogP contribution in [0.2, 0.25) is 0 Å². The lowest BCUT2D eigenvalue weighted by Crippen LogP contribution is -2.53. The minimum absolute atomic E-state index is 0.0624. The van der Waals surface area contributed by atoms with Crippen molar-refractivity contribution in [3.8, 4) is 0 Å². The van der Waals surface area contributed by atoms with Gasteiger partial charge in [-0.25, -0.2) is 8.78 Å². The summed E-state index contributed by atoms with van der Waals surface area (Å²) in [7, 11) is 0. The zero-order chi connectivity index (χ0) is 18.4. The predicted molar refractivity (Wildman–Crippen MR) is 96.3 cm³/mol. The Morgan fingerprint density at radius 2 is 1.96 bits per heavy atom. The molecule has 0 spiro atoms. The van der Waals surface area contributed by atoms with Crippen LogP contribution in [0.4, 0.5) is 8.78 Å². The zero-order valence-electron chi connectivity index (χ0n) is 15.2. The van der Waals surface area contributed by atoms with Crippen LogP contribution in [0.1, 0.15) is 25.3 Å². The van der Waals surface area contributed by atoms with Gasteiger partial charge in [-0.1, -0.05) is 0 Å². The lowest BCUT2D eigenvalue weighted by atomic mass is 10.1. The number of nitrogens with zero attached hydrogens (tertiary/aromatic N) is 2. The van der Waals surface area contributed by atoms with E-state index in [1.54, 1.807) is 0 Å². The van der Waals surface area contributed by atoms with Gasteiger partial charge in [0.25, 0.3) is 0 Å². The highest BCUT2D eigenvalue weighted by Gasteiger charge is 2.32. The zero-order valence-corrected chi connectivity index (χ0v) is 15.2. The Labute approximate surface area is 153 Å². The molecule has 7 heteroatoms. The standard InChI is InChI=1S/C19H27F2N3O2/c1-2-22-19(23-6-5-14-10-15(20)12-16(21)11-14)24-7-9-26-18(13-24)17-4-3-8-25-17/h10-12,17-18H,2-9,13H2,1H3,(H,22,23). The van der Waals surface area contributed by atoms with Gasteiger partial charge in [-0.2, -0.15) is 0 Å². The summed E-state index contributed by atoms with van der Waals surface area (Å²) in [5, 5.41) is 3.30. The third-order valence-electron chi connectivity index (χ3n) is 4.69. The van der Waals surface area contributed by atoms with Crippen LogP contribution in [-0.2, 0) is 15.9 Å². The molecule has 0 saturated carbocycles. The Hall–Kier alpha value is -1.73. The molecule has 0 aromatic heterocycles. The molecule has 1 aromatic carbocycles. The molecule has 2 saturated heterocycles. The molecule has 2 aliphatic heterocycles. The van der Waals surface area contributed by atoms with E-state index in [9.17, 15) is 8.78 Å². The Morgan fingerprint density at radius 3 is 2.65 bits per heavy atom. The van der Waals surface area contributed by atoms with E-state index in [1.165, 1.54) is 12.1 Å². The van der Waals surface area contributed by atoms with E-state index in [2.05, 4.69) is 15.2 Å². The molecule has 2 heterocycles. The van der Waals surface area contributed by atoms with Crippen molar-refractivity contribution in [2.75, 3.05) is 39.4 Å². The first kappa shape index (κ1) is 19.0. The van der Waals surface area contributed by atoms with Gasteiger partial charge in [-0.3, -0.25) is 4.99 Å². The van der Waals surface area contributed by atoms with Crippen molar-refractivity contribution in [3.05, 3.63) is 35.4 Å². The van der Waals surface area contributed by atoms with Gasteiger partial charge in [0.15, 0.2) is 5.96 Å². The molecule has 0 bridgehead atoms. The Balaban J connectivity index is 1.60. The predicted octanol–water partition coefficient (Wildman–Crippen LogP) is 2.35. The summed E-state index contributed by atoms with van der Waals surface area (Å²) in [5.74, 6) is -0.289. The van der Waals surface area contributed by atoms with Crippen molar-refractivity contribution < 1.29 is 18.3 Å². The number of hydrogen-bond acceptors (Lipinski definition) is 3. The first-order valence-electron chi connectivity index (χ1n) is 9.37. The van der Waals surface area contributed by atoms with Gasteiger partial charge in [0.05, 0.1) is 12.7 Å². The van der Waals surface area contributed by atoms with E-state index in [0.29, 0.717) is 25.1 Å². The lowest BCUT2D eigenvalue weighted by Gasteiger charge is -2.37. The normalized spacial score (nSPS) is 24.1. The van der Waals surface area contributed by atoms with E-state index >= 15 is 0 Å². The third-order valence-corrected chi connectivity index (χ3v) is 4.69. The smallest absolute Gasteiger partial charge is 0.194 e. The first-order valence-corrected chi connectivity index (χ1v) is 9.37. The Kier molecular flexibility index (Phi) is 6.80. The molecule has 26 heavy (non-hydrogen) atoms. The number of nitrogens with one attached hydrogen (secondary N) is 1. The highest BCUT2D eigenvalue weighted by molar-refractivity contribution is 5.80. The first-order chi connectivity index (χ1) is 12.7. The number of aliphatic imine (C=N–C) groups is 1. The summed E-state index contributed by atoms with van der Waals surface area (Å²) in [6.07, 6.45) is 2.84. The summed E-state index contributed by atoms with van der Waals surface area (Å²) >= 11 is 0. The molecule has 144 valence electrons. The molecular formula is C19H27F2N3O2. The number of morpholine rings is 1. The van der Waals surface area contributed by atoms with Crippen molar-refractivity contribution in [2.45, 2.75) is 38.4 Å². The number of ether oxygens (including phenoxy) is 2. The van der Waals surface area contributed by atoms with Crippen LogP contribution in [0, 0.1) is 11.6 Å². The minimum atomic E-state index is -0.552. The van der Waals surface area contributed by atoms with Crippen molar-refractivity contribution in [2.24, 2.45) is 4.99 Å². The number of rotatable bonds is 5. The summed E-state index contributed by atoms with van der Waals surface area (Å²) in [4.78, 5) is 6.83. The van der Waals surface area contributed by atoms with Crippen molar-refractivity contribution in [1.82, 2.24) is 10.2 Å². The van der Waals surface area contributed by atoms with E-state index in [0.717, 1.165) is 51.1 Å². The highest BCUT2D eigenvalue weighted by atomic mass is 19.1. The summed E-state index contributed by atoms with van der Waals surface area (Å²) < 4.78 is 38.2. The van der Waals surface area contributed by atoms with Gasteiger partial charge < -0.3 is 19.7 Å². The Bertz CT molecular complexity index is 601. The van der Waals surface area contributed by atoms with Gasteiger partial charge in [-0.05, 0) is 43.9 Å². The molecule has 2 unspecified atom stereocenters. The number of benzene rings is 1. The summed E-state index contributed by atoms with van der Waals surface area (Å²) in [6, 6.07) is 3.59. The number of halogens is 2. The maximum absolute atomic E-state index is 13.3. The monoisotopic (exact) mass is 367 g/mol. The van der Waals surface area contributed by atoms with E-state index in [1.807, 2.05) is 6.92 Å². The van der Waals surface area contributed by atoms with Crippen molar-refractivity contribution in [3.63, 3.8) is 0 Å². The fraction of sp³-hybridized carbons (Fsp3) is 0.632. The van der Waals surface area contributed by atoms with Gasteiger partial charge in [0, 0.05) is 38.9 Å².